The largest absolute Gasteiger partial charge is 0.487 e. The molecule has 2 aromatic carbocycles. The van der Waals surface area contributed by atoms with Gasteiger partial charge >= 0.3 is 18.1 Å². The molecule has 1 aliphatic rings. The minimum absolute atomic E-state index is 0.0950. The van der Waals surface area contributed by atoms with Gasteiger partial charge in [-0.2, -0.15) is 26.6 Å². The molecular weight excluding hydrogens is 477 g/mol. The van der Waals surface area contributed by atoms with E-state index in [-0.39, 0.29) is 29.6 Å². The molecule has 3 aromatic rings. The van der Waals surface area contributed by atoms with Crippen molar-refractivity contribution in [2.24, 2.45) is 0 Å². The summed E-state index contributed by atoms with van der Waals surface area (Å²) in [6.07, 6.45) is -6.55. The number of alkyl halides is 5. The molecule has 0 saturated carbocycles. The van der Waals surface area contributed by atoms with Crippen LogP contribution >= 0.6 is 0 Å². The summed E-state index contributed by atoms with van der Waals surface area (Å²) in [5.41, 5.74) is -0.825. The zero-order valence-corrected chi connectivity index (χ0v) is 17.2. The van der Waals surface area contributed by atoms with E-state index < -0.39 is 42.0 Å². The van der Waals surface area contributed by atoms with E-state index in [0.29, 0.717) is 0 Å². The predicted molar refractivity (Wildman–Crippen MR) is 99.7 cm³/mol. The number of rotatable bonds is 8. The zero-order chi connectivity index (χ0) is 24.7. The highest BCUT2D eigenvalue weighted by molar-refractivity contribution is 5.38. The van der Waals surface area contributed by atoms with Crippen LogP contribution in [0.15, 0.2) is 42.5 Å². The van der Waals surface area contributed by atoms with Gasteiger partial charge in [0.2, 0.25) is 0 Å². The number of halogens is 7. The average Bonchev–Trinajstić information content (AvgIpc) is 3.44. The number of aromatic nitrogens is 4. The van der Waals surface area contributed by atoms with Crippen molar-refractivity contribution in [3.63, 3.8) is 0 Å². The third-order valence-corrected chi connectivity index (χ3v) is 5.14. The Bertz CT molecular complexity index is 1160. The molecule has 7 nitrogen and oxygen atoms in total. The molecule has 1 saturated heterocycles. The number of hydrogen-bond acceptors (Lipinski definition) is 6. The van der Waals surface area contributed by atoms with Crippen molar-refractivity contribution in [2.75, 3.05) is 13.2 Å². The first-order valence-corrected chi connectivity index (χ1v) is 9.65. The molecule has 0 unspecified atom stereocenters. The lowest BCUT2D eigenvalue weighted by atomic mass is 9.94. The number of nitrogens with zero attached hydrogens (tertiary/aromatic N) is 4. The molecule has 2 heterocycles. The van der Waals surface area contributed by atoms with Crippen LogP contribution in [-0.2, 0) is 10.3 Å². The van der Waals surface area contributed by atoms with E-state index >= 15 is 0 Å². The average molecular weight is 492 g/mol. The van der Waals surface area contributed by atoms with Crippen LogP contribution < -0.4 is 9.47 Å². The second-order valence-corrected chi connectivity index (χ2v) is 7.42. The molecule has 1 aromatic heterocycles. The molecule has 4 rings (SSSR count). The van der Waals surface area contributed by atoms with Crippen LogP contribution in [0.5, 0.6) is 11.8 Å². The summed E-state index contributed by atoms with van der Waals surface area (Å²) in [6.45, 7) is -0.200. The molecule has 0 spiro atoms. The second-order valence-electron chi connectivity index (χ2n) is 7.42. The van der Waals surface area contributed by atoms with Gasteiger partial charge in [0.15, 0.2) is 12.2 Å². The summed E-state index contributed by atoms with van der Waals surface area (Å²) in [5, 5.41) is 11.0. The van der Waals surface area contributed by atoms with E-state index in [9.17, 15) is 30.7 Å². The van der Waals surface area contributed by atoms with Gasteiger partial charge in [0.25, 0.3) is 0 Å². The maximum absolute atomic E-state index is 14.3. The molecule has 0 bridgehead atoms. The van der Waals surface area contributed by atoms with Crippen molar-refractivity contribution in [2.45, 2.75) is 30.7 Å². The van der Waals surface area contributed by atoms with E-state index in [4.69, 9.17) is 9.47 Å². The van der Waals surface area contributed by atoms with Gasteiger partial charge in [-0.25, -0.2) is 8.78 Å². The van der Waals surface area contributed by atoms with Crippen LogP contribution in [0.2, 0.25) is 0 Å². The van der Waals surface area contributed by atoms with Gasteiger partial charge in [-0.1, -0.05) is 11.2 Å². The highest BCUT2D eigenvalue weighted by Gasteiger charge is 2.58. The summed E-state index contributed by atoms with van der Waals surface area (Å²) >= 11 is 0. The first-order chi connectivity index (χ1) is 15.9. The topological polar surface area (TPSA) is 74.6 Å². The third kappa shape index (κ3) is 4.49. The Morgan fingerprint density at radius 3 is 2.35 bits per heavy atom. The maximum atomic E-state index is 14.3. The number of hydrogen-bond donors (Lipinski definition) is 0. The van der Waals surface area contributed by atoms with Crippen molar-refractivity contribution in [1.29, 1.82) is 0 Å². The van der Waals surface area contributed by atoms with Gasteiger partial charge in [0.1, 0.15) is 23.5 Å². The Hall–Kier alpha value is -3.42. The number of ether oxygens (including phenoxy) is 3. The summed E-state index contributed by atoms with van der Waals surface area (Å²) in [4.78, 5) is 0. The fourth-order valence-electron chi connectivity index (χ4n) is 3.13. The van der Waals surface area contributed by atoms with Gasteiger partial charge in [-0.05, 0) is 47.7 Å². The van der Waals surface area contributed by atoms with Crippen molar-refractivity contribution in [3.8, 4) is 17.4 Å². The SMILES string of the molecule is C[C@@H](Oc1nnnn1-c1ccc(OCC(F)(F)C(F)(F)F)cc1)[C@@]1(c2ccc(F)cc2F)CO1. The van der Waals surface area contributed by atoms with Crippen LogP contribution in [0, 0.1) is 11.6 Å². The molecule has 0 N–H and O–H groups in total. The molecular formula is C20H15F7N4O3. The van der Waals surface area contributed by atoms with E-state index in [1.807, 2.05) is 0 Å². The van der Waals surface area contributed by atoms with Crippen molar-refractivity contribution < 1.29 is 44.9 Å². The zero-order valence-electron chi connectivity index (χ0n) is 17.2. The Balaban J connectivity index is 1.47. The van der Waals surface area contributed by atoms with Crippen LogP contribution in [-0.4, -0.2) is 51.6 Å². The van der Waals surface area contributed by atoms with Crippen LogP contribution in [0.4, 0.5) is 30.7 Å². The molecule has 1 aliphatic heterocycles. The van der Waals surface area contributed by atoms with Gasteiger partial charge in [0.05, 0.1) is 12.3 Å². The highest BCUT2D eigenvalue weighted by atomic mass is 19.4. The summed E-state index contributed by atoms with van der Waals surface area (Å²) < 4.78 is 107. The number of benzene rings is 2. The Morgan fingerprint density at radius 2 is 1.76 bits per heavy atom. The molecule has 1 fully saturated rings. The molecule has 0 aliphatic carbocycles. The molecule has 2 atom stereocenters. The van der Waals surface area contributed by atoms with E-state index in [2.05, 4.69) is 20.3 Å². The van der Waals surface area contributed by atoms with Crippen molar-refractivity contribution in [1.82, 2.24) is 20.2 Å². The minimum atomic E-state index is -5.73. The van der Waals surface area contributed by atoms with Gasteiger partial charge < -0.3 is 14.2 Å². The Morgan fingerprint density at radius 1 is 1.09 bits per heavy atom. The van der Waals surface area contributed by atoms with E-state index in [0.717, 1.165) is 28.9 Å². The first kappa shape index (κ1) is 23.7. The van der Waals surface area contributed by atoms with Gasteiger partial charge in [0, 0.05) is 11.6 Å². The van der Waals surface area contributed by atoms with Crippen LogP contribution in [0.1, 0.15) is 12.5 Å². The number of tetrazole rings is 1. The van der Waals surface area contributed by atoms with Gasteiger partial charge in [-0.3, -0.25) is 0 Å². The summed E-state index contributed by atoms with van der Waals surface area (Å²) in [7, 11) is 0. The normalized spacial score (nSPS) is 19.1. The first-order valence-electron chi connectivity index (χ1n) is 9.65. The summed E-state index contributed by atoms with van der Waals surface area (Å²) in [6, 6.07) is 7.84. The molecule has 0 amide bonds. The minimum Gasteiger partial charge on any atom is -0.487 e. The third-order valence-electron chi connectivity index (χ3n) is 5.14. The highest BCUT2D eigenvalue weighted by Crippen LogP contribution is 2.44. The smallest absolute Gasteiger partial charge is 0.456 e. The quantitative estimate of drug-likeness (QED) is 0.347. The predicted octanol–water partition coefficient (Wildman–Crippen LogP) is 4.21. The number of epoxide rings is 1. The standard InChI is InChI=1S/C20H15F7N4O3/c1-11(18(9-33-18)15-7-2-12(21)8-16(15)22)34-17-28-29-30-31(17)13-3-5-14(6-4-13)32-10-19(23,24)20(25,26)27/h2-8,11H,9-10H2,1H3/t11-,18-/m1/s1. The molecule has 34 heavy (non-hydrogen) atoms. The van der Waals surface area contributed by atoms with E-state index in [1.54, 1.807) is 6.92 Å². The Kier molecular flexibility index (Phi) is 5.87. The molecule has 14 heteroatoms. The fraction of sp³-hybridized carbons (Fsp3) is 0.350. The van der Waals surface area contributed by atoms with Crippen LogP contribution in [0.3, 0.4) is 0 Å². The van der Waals surface area contributed by atoms with Crippen molar-refractivity contribution in [3.05, 3.63) is 59.7 Å². The lowest BCUT2D eigenvalue weighted by Gasteiger charge is -2.21. The Labute approximate surface area is 187 Å². The lowest BCUT2D eigenvalue weighted by molar-refractivity contribution is -0.290. The molecule has 182 valence electrons. The van der Waals surface area contributed by atoms with Crippen LogP contribution in [0.25, 0.3) is 5.69 Å². The molecule has 0 radical (unpaired) electrons. The van der Waals surface area contributed by atoms with Gasteiger partial charge in [-0.15, -0.1) is 0 Å². The fourth-order valence-corrected chi connectivity index (χ4v) is 3.13. The van der Waals surface area contributed by atoms with E-state index in [1.165, 1.54) is 18.2 Å². The summed E-state index contributed by atoms with van der Waals surface area (Å²) in [5.74, 6) is -6.80. The monoisotopic (exact) mass is 492 g/mol. The maximum Gasteiger partial charge on any atom is 0.456 e. The lowest BCUT2D eigenvalue weighted by Crippen LogP contribution is -2.41. The van der Waals surface area contributed by atoms with Crippen molar-refractivity contribution >= 4 is 0 Å². The second kappa shape index (κ2) is 8.42.